The number of amides is 1. The molecular formula is C15H15N3O3. The highest BCUT2D eigenvalue weighted by Crippen LogP contribution is 2.27. The second kappa shape index (κ2) is 5.78. The molecule has 0 radical (unpaired) electrons. The van der Waals surface area contributed by atoms with Crippen molar-refractivity contribution in [1.82, 2.24) is 14.9 Å². The monoisotopic (exact) mass is 285 g/mol. The molecule has 0 saturated carbocycles. The van der Waals surface area contributed by atoms with Gasteiger partial charge in [-0.2, -0.15) is 0 Å². The smallest absolute Gasteiger partial charge is 0.347 e. The third kappa shape index (κ3) is 3.10. The highest BCUT2D eigenvalue weighted by Gasteiger charge is 2.22. The van der Waals surface area contributed by atoms with E-state index in [1.54, 1.807) is 6.07 Å². The second-order valence-electron chi connectivity index (χ2n) is 4.89. The van der Waals surface area contributed by atoms with Gasteiger partial charge < -0.3 is 10.1 Å². The van der Waals surface area contributed by atoms with Crippen LogP contribution in [0.1, 0.15) is 5.56 Å². The van der Waals surface area contributed by atoms with Gasteiger partial charge in [-0.3, -0.25) is 9.36 Å². The summed E-state index contributed by atoms with van der Waals surface area (Å²) >= 11 is 0. The van der Waals surface area contributed by atoms with Crippen molar-refractivity contribution in [2.24, 2.45) is 0 Å². The van der Waals surface area contributed by atoms with E-state index in [4.69, 9.17) is 4.74 Å². The summed E-state index contributed by atoms with van der Waals surface area (Å²) < 4.78 is 7.00. The zero-order chi connectivity index (χ0) is 14.7. The molecule has 1 atom stereocenters. The number of nitrogens with one attached hydrogen (secondary N) is 1. The van der Waals surface area contributed by atoms with Crippen molar-refractivity contribution in [3.63, 3.8) is 0 Å². The lowest BCUT2D eigenvalue weighted by molar-refractivity contribution is -0.122. The summed E-state index contributed by atoms with van der Waals surface area (Å²) in [5, 5.41) is 2.78. The molecule has 2 aromatic rings. The van der Waals surface area contributed by atoms with E-state index in [1.165, 1.54) is 17.0 Å². The lowest BCUT2D eigenvalue weighted by atomic mass is 10.1. The van der Waals surface area contributed by atoms with Gasteiger partial charge in [0.25, 0.3) is 0 Å². The highest BCUT2D eigenvalue weighted by molar-refractivity contribution is 5.75. The summed E-state index contributed by atoms with van der Waals surface area (Å²) in [7, 11) is 0. The lowest BCUT2D eigenvalue weighted by Crippen LogP contribution is -2.38. The van der Waals surface area contributed by atoms with E-state index in [-0.39, 0.29) is 18.6 Å². The van der Waals surface area contributed by atoms with Crippen LogP contribution in [0.2, 0.25) is 0 Å². The Morgan fingerprint density at radius 1 is 1.38 bits per heavy atom. The van der Waals surface area contributed by atoms with Gasteiger partial charge in [0, 0.05) is 18.8 Å². The highest BCUT2D eigenvalue weighted by atomic mass is 16.5. The number of carbonyl (C=O) groups is 1. The molecule has 0 bridgehead atoms. The maximum Gasteiger partial charge on any atom is 0.347 e. The molecule has 0 saturated heterocycles. The third-order valence-electron chi connectivity index (χ3n) is 3.34. The van der Waals surface area contributed by atoms with Gasteiger partial charge in [-0.25, -0.2) is 9.78 Å². The summed E-state index contributed by atoms with van der Waals surface area (Å²) in [5.41, 5.74) is 0.720. The molecule has 1 amide bonds. The first-order valence-corrected chi connectivity index (χ1v) is 6.75. The zero-order valence-corrected chi connectivity index (χ0v) is 11.4. The molecule has 1 aliphatic rings. The van der Waals surface area contributed by atoms with E-state index in [0.29, 0.717) is 6.54 Å². The van der Waals surface area contributed by atoms with Gasteiger partial charge >= 0.3 is 5.69 Å². The predicted octanol–water partition coefficient (Wildman–Crippen LogP) is 0.363. The Labute approximate surface area is 121 Å². The Balaban J connectivity index is 1.52. The molecule has 6 nitrogen and oxygen atoms in total. The molecule has 0 unspecified atom stereocenters. The third-order valence-corrected chi connectivity index (χ3v) is 3.34. The van der Waals surface area contributed by atoms with Crippen molar-refractivity contribution >= 4 is 5.91 Å². The first-order valence-electron chi connectivity index (χ1n) is 6.75. The molecule has 0 fully saturated rings. The first-order chi connectivity index (χ1) is 10.2. The predicted molar refractivity (Wildman–Crippen MR) is 76.1 cm³/mol. The van der Waals surface area contributed by atoms with E-state index in [2.05, 4.69) is 10.3 Å². The minimum absolute atomic E-state index is 0.0354. The molecule has 0 aliphatic carbocycles. The molecule has 108 valence electrons. The largest absolute Gasteiger partial charge is 0.488 e. The van der Waals surface area contributed by atoms with Crippen molar-refractivity contribution in [3.8, 4) is 5.75 Å². The molecular weight excluding hydrogens is 270 g/mol. The number of fused-ring (bicyclic) bond motifs is 1. The van der Waals surface area contributed by atoms with Crippen LogP contribution in [0.4, 0.5) is 0 Å². The van der Waals surface area contributed by atoms with Crippen molar-refractivity contribution in [1.29, 1.82) is 0 Å². The Morgan fingerprint density at radius 3 is 3.05 bits per heavy atom. The number of carbonyl (C=O) groups excluding carboxylic acids is 1. The van der Waals surface area contributed by atoms with E-state index in [1.807, 2.05) is 24.3 Å². The molecule has 1 aromatic carbocycles. The molecule has 21 heavy (non-hydrogen) atoms. The summed E-state index contributed by atoms with van der Waals surface area (Å²) in [6, 6.07) is 9.46. The second-order valence-corrected chi connectivity index (χ2v) is 4.89. The molecule has 3 rings (SSSR count). The number of ether oxygens (including phenoxy) is 1. The van der Waals surface area contributed by atoms with Crippen LogP contribution in [-0.2, 0) is 17.8 Å². The molecule has 6 heteroatoms. The fourth-order valence-electron chi connectivity index (χ4n) is 2.31. The number of aromatic nitrogens is 2. The molecule has 1 N–H and O–H groups in total. The zero-order valence-electron chi connectivity index (χ0n) is 11.4. The fraction of sp³-hybridized carbons (Fsp3) is 0.267. The number of para-hydroxylation sites is 1. The van der Waals surface area contributed by atoms with E-state index in [9.17, 15) is 9.59 Å². The van der Waals surface area contributed by atoms with Crippen molar-refractivity contribution in [2.45, 2.75) is 19.1 Å². The van der Waals surface area contributed by atoms with Crippen molar-refractivity contribution in [3.05, 3.63) is 58.8 Å². The van der Waals surface area contributed by atoms with Crippen molar-refractivity contribution in [2.75, 3.05) is 6.54 Å². The van der Waals surface area contributed by atoms with Gasteiger partial charge in [0.15, 0.2) is 0 Å². The SMILES string of the molecule is O=C(Cn1cccnc1=O)NC[C@@H]1Cc2ccccc2O1. The van der Waals surface area contributed by atoms with Crippen LogP contribution in [0.25, 0.3) is 0 Å². The Kier molecular flexibility index (Phi) is 3.68. The molecule has 1 aliphatic heterocycles. The minimum Gasteiger partial charge on any atom is -0.488 e. The normalized spacial score (nSPS) is 16.1. The number of nitrogens with zero attached hydrogens (tertiary/aromatic N) is 2. The minimum atomic E-state index is -0.433. The number of hydrogen-bond acceptors (Lipinski definition) is 4. The van der Waals surface area contributed by atoms with E-state index >= 15 is 0 Å². The standard InChI is InChI=1S/C15H15N3O3/c19-14(10-18-7-3-6-16-15(18)20)17-9-12-8-11-4-1-2-5-13(11)21-12/h1-7,12H,8-10H2,(H,17,19)/t12-/m0/s1. The average Bonchev–Trinajstić information content (AvgIpc) is 2.90. The van der Waals surface area contributed by atoms with Gasteiger partial charge in [-0.05, 0) is 17.7 Å². The van der Waals surface area contributed by atoms with Gasteiger partial charge in [-0.15, -0.1) is 0 Å². The molecule has 0 spiro atoms. The van der Waals surface area contributed by atoms with Gasteiger partial charge in [-0.1, -0.05) is 18.2 Å². The Morgan fingerprint density at radius 2 is 2.24 bits per heavy atom. The quantitative estimate of drug-likeness (QED) is 0.880. The number of hydrogen-bond donors (Lipinski definition) is 1. The maximum atomic E-state index is 11.8. The fourth-order valence-corrected chi connectivity index (χ4v) is 2.31. The Hall–Kier alpha value is -2.63. The summed E-state index contributed by atoms with van der Waals surface area (Å²) in [6.07, 6.45) is 3.66. The van der Waals surface area contributed by atoms with Crippen molar-refractivity contribution < 1.29 is 9.53 Å². The number of benzene rings is 1. The van der Waals surface area contributed by atoms with Crippen LogP contribution in [0, 0.1) is 0 Å². The summed E-state index contributed by atoms with van der Waals surface area (Å²) in [4.78, 5) is 26.9. The van der Waals surface area contributed by atoms with E-state index in [0.717, 1.165) is 17.7 Å². The van der Waals surface area contributed by atoms with Crippen LogP contribution in [-0.4, -0.2) is 28.1 Å². The topological polar surface area (TPSA) is 73.2 Å². The number of rotatable bonds is 4. The maximum absolute atomic E-state index is 11.8. The van der Waals surface area contributed by atoms with Crippen LogP contribution in [0.15, 0.2) is 47.5 Å². The molecule has 2 heterocycles. The van der Waals surface area contributed by atoms with Crippen LogP contribution < -0.4 is 15.7 Å². The summed E-state index contributed by atoms with van der Waals surface area (Å²) in [6.45, 7) is 0.384. The lowest BCUT2D eigenvalue weighted by Gasteiger charge is -2.12. The average molecular weight is 285 g/mol. The van der Waals surface area contributed by atoms with Crippen LogP contribution in [0.5, 0.6) is 5.75 Å². The Bertz CT molecular complexity index is 686. The van der Waals surface area contributed by atoms with Gasteiger partial charge in [0.1, 0.15) is 18.4 Å². The first kappa shape index (κ1) is 13.4. The van der Waals surface area contributed by atoms with Gasteiger partial charge in [0.05, 0.1) is 6.54 Å². The van der Waals surface area contributed by atoms with Gasteiger partial charge in [0.2, 0.25) is 5.91 Å². The van der Waals surface area contributed by atoms with E-state index < -0.39 is 5.69 Å². The van der Waals surface area contributed by atoms with Crippen LogP contribution in [0.3, 0.4) is 0 Å². The summed E-state index contributed by atoms with van der Waals surface area (Å²) in [5.74, 6) is 0.643. The van der Waals surface area contributed by atoms with Crippen LogP contribution >= 0.6 is 0 Å². The molecule has 1 aromatic heterocycles.